The van der Waals surface area contributed by atoms with Gasteiger partial charge >= 0.3 is 0 Å². The molecule has 0 radical (unpaired) electrons. The molecule has 2 aromatic rings. The van der Waals surface area contributed by atoms with Crippen LogP contribution in [0, 0.1) is 13.8 Å². The SMILES string of the molecule is Cc1cccc(O[C@H](C)C(=O)N[C@H](C)c2cccnc2)c1C. The van der Waals surface area contributed by atoms with E-state index < -0.39 is 6.10 Å². The van der Waals surface area contributed by atoms with Gasteiger partial charge in [-0.05, 0) is 56.5 Å². The van der Waals surface area contributed by atoms with Crippen LogP contribution in [0.4, 0.5) is 0 Å². The number of benzene rings is 1. The zero-order valence-corrected chi connectivity index (χ0v) is 13.5. The fraction of sp³-hybridized carbons (Fsp3) is 0.333. The van der Waals surface area contributed by atoms with Crippen LogP contribution in [0.5, 0.6) is 5.75 Å². The first kappa shape index (κ1) is 16.0. The zero-order valence-electron chi connectivity index (χ0n) is 13.5. The molecule has 0 aliphatic rings. The molecule has 0 aliphatic carbocycles. The maximum absolute atomic E-state index is 12.3. The molecule has 116 valence electrons. The van der Waals surface area contributed by atoms with E-state index in [4.69, 9.17) is 4.74 Å². The number of aryl methyl sites for hydroxylation is 1. The average molecular weight is 298 g/mol. The standard InChI is InChI=1S/C18H22N2O2/c1-12-7-5-9-17(13(12)2)22-15(4)18(21)20-14(3)16-8-6-10-19-11-16/h5-11,14-15H,1-4H3,(H,20,21)/t14-,15-/m1/s1. The zero-order chi connectivity index (χ0) is 16.1. The lowest BCUT2D eigenvalue weighted by atomic mass is 10.1. The first-order chi connectivity index (χ1) is 10.5. The molecule has 2 rings (SSSR count). The summed E-state index contributed by atoms with van der Waals surface area (Å²) in [5, 5.41) is 2.95. The Morgan fingerprint density at radius 3 is 2.64 bits per heavy atom. The summed E-state index contributed by atoms with van der Waals surface area (Å²) in [6, 6.07) is 9.53. The molecule has 1 aromatic carbocycles. The molecule has 0 fully saturated rings. The molecular weight excluding hydrogens is 276 g/mol. The number of carbonyl (C=O) groups is 1. The topological polar surface area (TPSA) is 51.2 Å². The quantitative estimate of drug-likeness (QED) is 0.921. The summed E-state index contributed by atoms with van der Waals surface area (Å²) < 4.78 is 5.80. The van der Waals surface area contributed by atoms with E-state index in [1.165, 1.54) is 0 Å². The first-order valence-electron chi connectivity index (χ1n) is 7.42. The smallest absolute Gasteiger partial charge is 0.261 e. The molecule has 2 atom stereocenters. The largest absolute Gasteiger partial charge is 0.481 e. The molecule has 0 saturated carbocycles. The molecule has 0 saturated heterocycles. The fourth-order valence-corrected chi connectivity index (χ4v) is 2.14. The van der Waals surface area contributed by atoms with E-state index in [0.717, 1.165) is 22.4 Å². The van der Waals surface area contributed by atoms with Gasteiger partial charge in [-0.3, -0.25) is 9.78 Å². The van der Waals surface area contributed by atoms with Gasteiger partial charge in [0.25, 0.3) is 5.91 Å². The number of rotatable bonds is 5. The lowest BCUT2D eigenvalue weighted by Crippen LogP contribution is -2.37. The minimum absolute atomic E-state index is 0.106. The summed E-state index contributed by atoms with van der Waals surface area (Å²) >= 11 is 0. The minimum Gasteiger partial charge on any atom is -0.481 e. The van der Waals surface area contributed by atoms with Crippen molar-refractivity contribution in [2.45, 2.75) is 39.8 Å². The molecule has 1 aromatic heterocycles. The van der Waals surface area contributed by atoms with E-state index in [0.29, 0.717) is 0 Å². The van der Waals surface area contributed by atoms with Crippen molar-refractivity contribution in [1.82, 2.24) is 10.3 Å². The molecule has 0 aliphatic heterocycles. The van der Waals surface area contributed by atoms with Crippen molar-refractivity contribution >= 4 is 5.91 Å². The molecule has 0 spiro atoms. The van der Waals surface area contributed by atoms with Crippen molar-refractivity contribution in [3.05, 3.63) is 59.4 Å². The van der Waals surface area contributed by atoms with E-state index in [1.54, 1.807) is 19.3 Å². The monoisotopic (exact) mass is 298 g/mol. The van der Waals surface area contributed by atoms with Gasteiger partial charge in [0.05, 0.1) is 6.04 Å². The van der Waals surface area contributed by atoms with Crippen LogP contribution in [0.2, 0.25) is 0 Å². The number of pyridine rings is 1. The highest BCUT2D eigenvalue weighted by molar-refractivity contribution is 5.81. The molecule has 1 amide bonds. The van der Waals surface area contributed by atoms with Crippen molar-refractivity contribution in [3.8, 4) is 5.75 Å². The summed E-state index contributed by atoms with van der Waals surface area (Å²) in [5.41, 5.74) is 3.17. The van der Waals surface area contributed by atoms with E-state index >= 15 is 0 Å². The van der Waals surface area contributed by atoms with Gasteiger partial charge in [0.1, 0.15) is 5.75 Å². The van der Waals surface area contributed by atoms with Crippen LogP contribution in [-0.2, 0) is 4.79 Å². The average Bonchev–Trinajstić information content (AvgIpc) is 2.52. The Hall–Kier alpha value is -2.36. The molecular formula is C18H22N2O2. The third-order valence-electron chi connectivity index (χ3n) is 3.77. The van der Waals surface area contributed by atoms with Crippen molar-refractivity contribution < 1.29 is 9.53 Å². The molecule has 0 bridgehead atoms. The molecule has 4 heteroatoms. The summed E-state index contributed by atoms with van der Waals surface area (Å²) in [7, 11) is 0. The lowest BCUT2D eigenvalue weighted by molar-refractivity contribution is -0.127. The summed E-state index contributed by atoms with van der Waals surface area (Å²) in [6.45, 7) is 7.71. The predicted molar refractivity (Wildman–Crippen MR) is 86.8 cm³/mol. The predicted octanol–water partition coefficient (Wildman–Crippen LogP) is 3.34. The van der Waals surface area contributed by atoms with Gasteiger partial charge in [-0.15, -0.1) is 0 Å². The van der Waals surface area contributed by atoms with E-state index in [1.807, 2.05) is 51.1 Å². The Morgan fingerprint density at radius 2 is 1.95 bits per heavy atom. The van der Waals surface area contributed by atoms with Gasteiger partial charge in [0.15, 0.2) is 6.10 Å². The van der Waals surface area contributed by atoms with Gasteiger partial charge in [-0.2, -0.15) is 0 Å². The van der Waals surface area contributed by atoms with Crippen LogP contribution < -0.4 is 10.1 Å². The van der Waals surface area contributed by atoms with Gasteiger partial charge in [-0.25, -0.2) is 0 Å². The second-order valence-electron chi connectivity index (χ2n) is 5.47. The number of carbonyl (C=O) groups excluding carboxylic acids is 1. The molecule has 22 heavy (non-hydrogen) atoms. The Kier molecular flexibility index (Phi) is 5.15. The fourth-order valence-electron chi connectivity index (χ4n) is 2.14. The summed E-state index contributed by atoms with van der Waals surface area (Å²) in [6.07, 6.45) is 2.91. The summed E-state index contributed by atoms with van der Waals surface area (Å²) in [4.78, 5) is 16.3. The third-order valence-corrected chi connectivity index (χ3v) is 3.77. The van der Waals surface area contributed by atoms with Gasteiger partial charge in [-0.1, -0.05) is 18.2 Å². The van der Waals surface area contributed by atoms with Gasteiger partial charge in [0, 0.05) is 12.4 Å². The second-order valence-corrected chi connectivity index (χ2v) is 5.47. The van der Waals surface area contributed by atoms with Crippen LogP contribution in [-0.4, -0.2) is 17.0 Å². The van der Waals surface area contributed by atoms with E-state index in [9.17, 15) is 4.79 Å². The molecule has 1 N–H and O–H groups in total. The number of hydrogen-bond acceptors (Lipinski definition) is 3. The van der Waals surface area contributed by atoms with Gasteiger partial charge < -0.3 is 10.1 Å². The maximum Gasteiger partial charge on any atom is 0.261 e. The highest BCUT2D eigenvalue weighted by Crippen LogP contribution is 2.22. The van der Waals surface area contributed by atoms with Crippen molar-refractivity contribution in [2.75, 3.05) is 0 Å². The van der Waals surface area contributed by atoms with E-state index in [2.05, 4.69) is 10.3 Å². The van der Waals surface area contributed by atoms with Gasteiger partial charge in [0.2, 0.25) is 0 Å². The highest BCUT2D eigenvalue weighted by atomic mass is 16.5. The molecule has 1 heterocycles. The van der Waals surface area contributed by atoms with Crippen molar-refractivity contribution in [2.24, 2.45) is 0 Å². The van der Waals surface area contributed by atoms with Crippen molar-refractivity contribution in [1.29, 1.82) is 0 Å². The van der Waals surface area contributed by atoms with Crippen LogP contribution >= 0.6 is 0 Å². The normalized spacial score (nSPS) is 13.3. The Morgan fingerprint density at radius 1 is 1.18 bits per heavy atom. The molecule has 4 nitrogen and oxygen atoms in total. The number of ether oxygens (including phenoxy) is 1. The summed E-state index contributed by atoms with van der Waals surface area (Å²) in [5.74, 6) is 0.606. The minimum atomic E-state index is -0.556. The highest BCUT2D eigenvalue weighted by Gasteiger charge is 2.18. The lowest BCUT2D eigenvalue weighted by Gasteiger charge is -2.20. The van der Waals surface area contributed by atoms with E-state index in [-0.39, 0.29) is 11.9 Å². The second kappa shape index (κ2) is 7.07. The van der Waals surface area contributed by atoms with Crippen LogP contribution in [0.25, 0.3) is 0 Å². The third kappa shape index (κ3) is 3.85. The number of aromatic nitrogens is 1. The maximum atomic E-state index is 12.3. The number of nitrogens with one attached hydrogen (secondary N) is 1. The van der Waals surface area contributed by atoms with Crippen molar-refractivity contribution in [3.63, 3.8) is 0 Å². The Bertz CT molecular complexity index is 641. The number of amides is 1. The number of hydrogen-bond donors (Lipinski definition) is 1. The van der Waals surface area contributed by atoms with Crippen LogP contribution in [0.3, 0.4) is 0 Å². The number of nitrogens with zero attached hydrogens (tertiary/aromatic N) is 1. The Balaban J connectivity index is 1.99. The first-order valence-corrected chi connectivity index (χ1v) is 7.42. The Labute approximate surface area is 131 Å². The van der Waals surface area contributed by atoms with Crippen LogP contribution in [0.1, 0.15) is 36.6 Å². The van der Waals surface area contributed by atoms with Crippen LogP contribution in [0.15, 0.2) is 42.7 Å². The molecule has 0 unspecified atom stereocenters.